The first kappa shape index (κ1) is 16.6. The topological polar surface area (TPSA) is 92.5 Å². The van der Waals surface area contributed by atoms with E-state index in [0.29, 0.717) is 5.82 Å². The van der Waals surface area contributed by atoms with E-state index in [0.717, 1.165) is 4.31 Å². The third kappa shape index (κ3) is 3.37. The number of hydrogen-bond acceptors (Lipinski definition) is 4. The Balaban J connectivity index is 3.26. The Morgan fingerprint density at radius 1 is 1.40 bits per heavy atom. The molecule has 0 unspecified atom stereocenters. The summed E-state index contributed by atoms with van der Waals surface area (Å²) in [7, 11) is -2.19. The van der Waals surface area contributed by atoms with Crippen LogP contribution in [-0.2, 0) is 21.9 Å². The molecule has 0 fully saturated rings. The number of hydrogen-bond donors (Lipinski definition) is 1. The van der Waals surface area contributed by atoms with Crippen LogP contribution in [0.25, 0.3) is 0 Å². The minimum absolute atomic E-state index is 0.0796. The van der Waals surface area contributed by atoms with Crippen molar-refractivity contribution in [2.45, 2.75) is 44.7 Å². The molecule has 8 heteroatoms. The lowest BCUT2D eigenvalue weighted by Gasteiger charge is -2.22. The number of sulfonamides is 1. The number of carbonyl (C=O) groups is 1. The van der Waals surface area contributed by atoms with Gasteiger partial charge >= 0.3 is 5.97 Å². The molecule has 0 saturated heterocycles. The van der Waals surface area contributed by atoms with Crippen LogP contribution in [0.2, 0.25) is 0 Å². The second-order valence-electron chi connectivity index (χ2n) is 5.24. The summed E-state index contributed by atoms with van der Waals surface area (Å²) in [5, 5.41) is 8.75. The van der Waals surface area contributed by atoms with E-state index in [1.165, 1.54) is 6.20 Å². The van der Waals surface area contributed by atoms with Gasteiger partial charge in [-0.3, -0.25) is 4.79 Å². The number of carboxylic acids is 1. The van der Waals surface area contributed by atoms with Crippen LogP contribution in [0.5, 0.6) is 0 Å². The predicted molar refractivity (Wildman–Crippen MR) is 74.0 cm³/mol. The molecule has 0 aromatic carbocycles. The van der Waals surface area contributed by atoms with Gasteiger partial charge in [-0.25, -0.2) is 13.4 Å². The quantitative estimate of drug-likeness (QED) is 0.847. The summed E-state index contributed by atoms with van der Waals surface area (Å²) >= 11 is 0. The maximum Gasteiger partial charge on any atom is 0.318 e. The van der Waals surface area contributed by atoms with E-state index < -0.39 is 28.6 Å². The fraction of sp³-hybridized carbons (Fsp3) is 0.667. The van der Waals surface area contributed by atoms with Crippen LogP contribution < -0.4 is 0 Å². The summed E-state index contributed by atoms with van der Waals surface area (Å²) in [5.41, 5.74) is 0. The number of nitrogens with zero attached hydrogens (tertiary/aromatic N) is 3. The highest BCUT2D eigenvalue weighted by Crippen LogP contribution is 2.20. The molecule has 0 aliphatic heterocycles. The van der Waals surface area contributed by atoms with Gasteiger partial charge in [-0.1, -0.05) is 13.8 Å². The normalized spacial score (nSPS) is 12.6. The first-order valence-electron chi connectivity index (χ1n) is 6.34. The van der Waals surface area contributed by atoms with E-state index in [9.17, 15) is 13.2 Å². The van der Waals surface area contributed by atoms with Crippen LogP contribution in [0.1, 0.15) is 39.4 Å². The molecule has 1 rings (SSSR count). The molecule has 0 bridgehead atoms. The van der Waals surface area contributed by atoms with Gasteiger partial charge in [-0.15, -0.1) is 0 Å². The Kier molecular flexibility index (Phi) is 4.93. The van der Waals surface area contributed by atoms with Crippen LogP contribution in [-0.4, -0.2) is 45.9 Å². The molecule has 1 heterocycles. The highest BCUT2D eigenvalue weighted by molar-refractivity contribution is 7.89. The molecule has 0 spiro atoms. The molecular weight excluding hydrogens is 282 g/mol. The van der Waals surface area contributed by atoms with E-state index >= 15 is 0 Å². The minimum Gasteiger partial charge on any atom is -0.480 e. The number of rotatable bonds is 6. The lowest BCUT2D eigenvalue weighted by atomic mass is 10.2. The van der Waals surface area contributed by atoms with E-state index in [-0.39, 0.29) is 10.9 Å². The Labute approximate surface area is 119 Å². The molecule has 7 nitrogen and oxygen atoms in total. The molecule has 1 aromatic rings. The number of imidazole rings is 1. The Morgan fingerprint density at radius 2 is 1.95 bits per heavy atom. The lowest BCUT2D eigenvalue weighted by Crippen LogP contribution is -2.40. The van der Waals surface area contributed by atoms with Gasteiger partial charge < -0.3 is 9.67 Å². The van der Waals surface area contributed by atoms with Crippen LogP contribution in [0.4, 0.5) is 0 Å². The Hall–Kier alpha value is -1.41. The maximum atomic E-state index is 12.5. The molecule has 20 heavy (non-hydrogen) atoms. The van der Waals surface area contributed by atoms with Gasteiger partial charge in [0.15, 0.2) is 5.03 Å². The Bertz CT molecular complexity index is 590. The smallest absolute Gasteiger partial charge is 0.318 e. The Morgan fingerprint density at radius 3 is 2.30 bits per heavy atom. The van der Waals surface area contributed by atoms with Crippen molar-refractivity contribution >= 4 is 16.0 Å². The first-order chi connectivity index (χ1) is 9.07. The molecule has 0 atom stereocenters. The number of aryl methyl sites for hydroxylation is 1. The highest BCUT2D eigenvalue weighted by Gasteiger charge is 2.31. The highest BCUT2D eigenvalue weighted by atomic mass is 32.2. The second-order valence-corrected chi connectivity index (χ2v) is 7.08. The van der Waals surface area contributed by atoms with E-state index in [4.69, 9.17) is 5.11 Å². The molecule has 0 saturated carbocycles. The van der Waals surface area contributed by atoms with Crippen molar-refractivity contribution in [3.63, 3.8) is 0 Å². The van der Waals surface area contributed by atoms with Crippen molar-refractivity contribution in [1.82, 2.24) is 13.9 Å². The van der Waals surface area contributed by atoms with Gasteiger partial charge in [-0.05, 0) is 13.8 Å². The lowest BCUT2D eigenvalue weighted by molar-refractivity contribution is -0.137. The zero-order valence-electron chi connectivity index (χ0n) is 12.4. The van der Waals surface area contributed by atoms with Gasteiger partial charge in [0.05, 0.1) is 0 Å². The SMILES string of the molecule is CC(C)c1nc(S(=O)(=O)N(CC(=O)O)C(C)C)cn1C. The summed E-state index contributed by atoms with van der Waals surface area (Å²) in [4.78, 5) is 15.0. The molecular formula is C12H21N3O4S. The van der Waals surface area contributed by atoms with Gasteiger partial charge in [0.25, 0.3) is 10.0 Å². The van der Waals surface area contributed by atoms with E-state index in [1.807, 2.05) is 13.8 Å². The number of aromatic nitrogens is 2. The summed E-state index contributed by atoms with van der Waals surface area (Å²) < 4.78 is 27.6. The van der Waals surface area contributed by atoms with Crippen LogP contribution in [0.15, 0.2) is 11.2 Å². The molecule has 0 aliphatic rings. The van der Waals surface area contributed by atoms with Crippen molar-refractivity contribution in [3.05, 3.63) is 12.0 Å². The predicted octanol–water partition coefficient (Wildman–Crippen LogP) is 1.03. The van der Waals surface area contributed by atoms with Crippen molar-refractivity contribution in [2.24, 2.45) is 7.05 Å². The zero-order chi connectivity index (χ0) is 15.7. The van der Waals surface area contributed by atoms with Gasteiger partial charge in [-0.2, -0.15) is 4.31 Å². The molecule has 114 valence electrons. The molecule has 0 radical (unpaired) electrons. The largest absolute Gasteiger partial charge is 0.480 e. The average Bonchev–Trinajstić information content (AvgIpc) is 2.68. The molecule has 1 N–H and O–H groups in total. The third-order valence-corrected chi connectivity index (χ3v) is 4.74. The first-order valence-corrected chi connectivity index (χ1v) is 7.78. The summed E-state index contributed by atoms with van der Waals surface area (Å²) in [5.74, 6) is -0.471. The number of carboxylic acid groups (broad SMARTS) is 1. The molecule has 1 aromatic heterocycles. The average molecular weight is 303 g/mol. The maximum absolute atomic E-state index is 12.5. The van der Waals surface area contributed by atoms with Crippen molar-refractivity contribution in [2.75, 3.05) is 6.54 Å². The summed E-state index contributed by atoms with van der Waals surface area (Å²) in [6.45, 7) is 6.51. The van der Waals surface area contributed by atoms with Crippen LogP contribution >= 0.6 is 0 Å². The van der Waals surface area contributed by atoms with Crippen LogP contribution in [0.3, 0.4) is 0 Å². The minimum atomic E-state index is -3.91. The second kappa shape index (κ2) is 5.92. The fourth-order valence-corrected chi connectivity index (χ4v) is 3.49. The zero-order valence-corrected chi connectivity index (χ0v) is 13.2. The van der Waals surface area contributed by atoms with Crippen molar-refractivity contribution < 1.29 is 18.3 Å². The van der Waals surface area contributed by atoms with Gasteiger partial charge in [0.1, 0.15) is 12.4 Å². The van der Waals surface area contributed by atoms with E-state index in [2.05, 4.69) is 4.98 Å². The van der Waals surface area contributed by atoms with Crippen molar-refractivity contribution in [3.8, 4) is 0 Å². The van der Waals surface area contributed by atoms with Gasteiger partial charge in [0, 0.05) is 25.2 Å². The summed E-state index contributed by atoms with van der Waals surface area (Å²) in [6.07, 6.45) is 1.42. The fourth-order valence-electron chi connectivity index (χ4n) is 1.91. The van der Waals surface area contributed by atoms with Gasteiger partial charge in [0.2, 0.25) is 0 Å². The summed E-state index contributed by atoms with van der Waals surface area (Å²) in [6, 6.07) is -0.458. The third-order valence-electron chi connectivity index (χ3n) is 2.85. The molecule has 0 amide bonds. The standard InChI is InChI=1S/C12H21N3O4S/c1-8(2)12-13-10(6-14(12)5)20(18,19)15(9(3)4)7-11(16)17/h6,8-9H,7H2,1-5H3,(H,16,17). The van der Waals surface area contributed by atoms with Crippen molar-refractivity contribution in [1.29, 1.82) is 0 Å². The monoisotopic (exact) mass is 303 g/mol. The van der Waals surface area contributed by atoms with Crippen LogP contribution in [0, 0.1) is 0 Å². The number of aliphatic carboxylic acids is 1. The van der Waals surface area contributed by atoms with E-state index in [1.54, 1.807) is 25.5 Å². The molecule has 0 aliphatic carbocycles.